The van der Waals surface area contributed by atoms with Gasteiger partial charge in [0.25, 0.3) is 0 Å². The van der Waals surface area contributed by atoms with E-state index in [1.807, 2.05) is 19.1 Å². The second-order valence-electron chi connectivity index (χ2n) is 5.80. The molecule has 1 aliphatic rings. The first-order chi connectivity index (χ1) is 9.92. The number of carbonyl (C=O) groups excluding carboxylic acids is 1. The van der Waals surface area contributed by atoms with Gasteiger partial charge in [-0.3, -0.25) is 0 Å². The van der Waals surface area contributed by atoms with Crippen LogP contribution in [0.25, 0.3) is 0 Å². The highest BCUT2D eigenvalue weighted by Gasteiger charge is 2.35. The summed E-state index contributed by atoms with van der Waals surface area (Å²) in [5.74, 6) is 1.40. The first-order valence-electron chi connectivity index (χ1n) is 7.10. The molecule has 21 heavy (non-hydrogen) atoms. The average Bonchev–Trinajstić information content (AvgIpc) is 2.45. The van der Waals surface area contributed by atoms with Gasteiger partial charge in [0.2, 0.25) is 0 Å². The minimum Gasteiger partial charge on any atom is -0.493 e. The molecule has 5 heteroatoms. The van der Waals surface area contributed by atoms with Gasteiger partial charge in [0.05, 0.1) is 20.8 Å². The van der Waals surface area contributed by atoms with Crippen molar-refractivity contribution >= 4 is 6.09 Å². The second-order valence-corrected chi connectivity index (χ2v) is 5.80. The molecule has 0 aromatic heterocycles. The van der Waals surface area contributed by atoms with E-state index in [2.05, 4.69) is 13.8 Å². The Hall–Kier alpha value is -1.91. The predicted molar refractivity (Wildman–Crippen MR) is 80.0 cm³/mol. The molecule has 0 saturated carbocycles. The van der Waals surface area contributed by atoms with Crippen molar-refractivity contribution in [3.63, 3.8) is 0 Å². The van der Waals surface area contributed by atoms with Crippen molar-refractivity contribution in [1.82, 2.24) is 4.90 Å². The Morgan fingerprint density at radius 2 is 1.86 bits per heavy atom. The van der Waals surface area contributed by atoms with Crippen molar-refractivity contribution in [1.29, 1.82) is 0 Å². The summed E-state index contributed by atoms with van der Waals surface area (Å²) in [5.41, 5.74) is 2.08. The monoisotopic (exact) mass is 293 g/mol. The Morgan fingerprint density at radius 1 is 1.24 bits per heavy atom. The van der Waals surface area contributed by atoms with Crippen LogP contribution in [-0.4, -0.2) is 38.4 Å². The number of amides is 1. The lowest BCUT2D eigenvalue weighted by Crippen LogP contribution is -2.45. The minimum atomic E-state index is -0.272. The Labute approximate surface area is 125 Å². The first kappa shape index (κ1) is 15.5. The van der Waals surface area contributed by atoms with E-state index < -0.39 is 0 Å². The third-order valence-electron chi connectivity index (χ3n) is 3.81. The number of carbonyl (C=O) groups is 1. The maximum Gasteiger partial charge on any atom is 0.410 e. The quantitative estimate of drug-likeness (QED) is 0.859. The van der Waals surface area contributed by atoms with Gasteiger partial charge in [0, 0.05) is 18.5 Å². The maximum atomic E-state index is 12.0. The van der Waals surface area contributed by atoms with Crippen LogP contribution in [-0.2, 0) is 16.7 Å². The van der Waals surface area contributed by atoms with Gasteiger partial charge in [-0.2, -0.15) is 0 Å². The summed E-state index contributed by atoms with van der Waals surface area (Å²) in [4.78, 5) is 13.8. The Balaban J connectivity index is 2.42. The summed E-state index contributed by atoms with van der Waals surface area (Å²) in [7, 11) is 3.24. The number of hydrogen-bond donors (Lipinski definition) is 0. The second kappa shape index (κ2) is 5.84. The third kappa shape index (κ3) is 2.91. The molecular formula is C16H23NO4. The van der Waals surface area contributed by atoms with Crippen molar-refractivity contribution < 1.29 is 19.0 Å². The zero-order valence-electron chi connectivity index (χ0n) is 13.4. The molecule has 1 aliphatic heterocycles. The van der Waals surface area contributed by atoms with Gasteiger partial charge in [-0.15, -0.1) is 0 Å². The van der Waals surface area contributed by atoms with Gasteiger partial charge in [-0.05, 0) is 30.2 Å². The van der Waals surface area contributed by atoms with Crippen LogP contribution in [0.5, 0.6) is 11.5 Å². The fraction of sp³-hybridized carbons (Fsp3) is 0.562. The zero-order valence-corrected chi connectivity index (χ0v) is 13.4. The van der Waals surface area contributed by atoms with E-state index in [-0.39, 0.29) is 11.5 Å². The topological polar surface area (TPSA) is 48.0 Å². The van der Waals surface area contributed by atoms with Crippen molar-refractivity contribution in [3.05, 3.63) is 23.3 Å². The highest BCUT2D eigenvalue weighted by atomic mass is 16.6. The van der Waals surface area contributed by atoms with Gasteiger partial charge in [0.1, 0.15) is 0 Å². The molecule has 0 atom stereocenters. The lowest BCUT2D eigenvalue weighted by molar-refractivity contribution is 0.0914. The summed E-state index contributed by atoms with van der Waals surface area (Å²) in [6, 6.07) is 3.96. The number of benzene rings is 1. The van der Waals surface area contributed by atoms with Gasteiger partial charge in [-0.25, -0.2) is 4.79 Å². The summed E-state index contributed by atoms with van der Waals surface area (Å²) in [6.45, 7) is 7.57. The minimum absolute atomic E-state index is 0.167. The summed E-state index contributed by atoms with van der Waals surface area (Å²) in [5, 5.41) is 0. The number of ether oxygens (including phenoxy) is 3. The molecule has 0 saturated heterocycles. The van der Waals surface area contributed by atoms with Crippen LogP contribution in [0.1, 0.15) is 31.9 Å². The first-order valence-corrected chi connectivity index (χ1v) is 7.10. The Morgan fingerprint density at radius 3 is 2.43 bits per heavy atom. The van der Waals surface area contributed by atoms with Crippen LogP contribution in [0.4, 0.5) is 4.79 Å². The molecule has 116 valence electrons. The van der Waals surface area contributed by atoms with Crippen LogP contribution in [0, 0.1) is 0 Å². The van der Waals surface area contributed by atoms with Gasteiger partial charge < -0.3 is 19.1 Å². The molecule has 0 spiro atoms. The summed E-state index contributed by atoms with van der Waals surface area (Å²) < 4.78 is 15.9. The van der Waals surface area contributed by atoms with Gasteiger partial charge >= 0.3 is 6.09 Å². The lowest BCUT2D eigenvalue weighted by atomic mass is 9.78. The molecule has 1 aromatic rings. The fourth-order valence-electron chi connectivity index (χ4n) is 2.85. The van der Waals surface area contributed by atoms with Crippen LogP contribution < -0.4 is 9.47 Å². The molecule has 2 rings (SSSR count). The molecule has 0 fully saturated rings. The Bertz CT molecular complexity index is 539. The van der Waals surface area contributed by atoms with Crippen molar-refractivity contribution in [2.24, 2.45) is 0 Å². The molecule has 0 N–H and O–H groups in total. The van der Waals surface area contributed by atoms with Crippen LogP contribution in [0.2, 0.25) is 0 Å². The number of methoxy groups -OCH3 is 2. The van der Waals surface area contributed by atoms with E-state index >= 15 is 0 Å². The lowest BCUT2D eigenvalue weighted by Gasteiger charge is -2.39. The highest BCUT2D eigenvalue weighted by Crippen LogP contribution is 2.40. The highest BCUT2D eigenvalue weighted by molar-refractivity contribution is 5.69. The normalized spacial score (nSPS) is 16.1. The van der Waals surface area contributed by atoms with E-state index in [9.17, 15) is 4.79 Å². The van der Waals surface area contributed by atoms with Crippen LogP contribution >= 0.6 is 0 Å². The molecule has 0 radical (unpaired) electrons. The molecule has 1 amide bonds. The zero-order chi connectivity index (χ0) is 15.6. The molecule has 0 bridgehead atoms. The standard InChI is InChI=1S/C16H23NO4/c1-6-21-15(18)17-9-11-7-13(19-4)14(20-5)8-12(11)16(2,3)10-17/h7-8H,6,9-10H2,1-5H3. The smallest absolute Gasteiger partial charge is 0.410 e. The molecule has 0 aliphatic carbocycles. The number of fused-ring (bicyclic) bond motifs is 1. The van der Waals surface area contributed by atoms with E-state index in [0.29, 0.717) is 31.2 Å². The van der Waals surface area contributed by atoms with Gasteiger partial charge in [0.15, 0.2) is 11.5 Å². The van der Waals surface area contributed by atoms with E-state index in [4.69, 9.17) is 14.2 Å². The van der Waals surface area contributed by atoms with Crippen molar-refractivity contribution in [2.75, 3.05) is 27.4 Å². The fourth-order valence-corrected chi connectivity index (χ4v) is 2.85. The number of nitrogens with zero attached hydrogens (tertiary/aromatic N) is 1. The number of hydrogen-bond acceptors (Lipinski definition) is 4. The number of rotatable bonds is 3. The van der Waals surface area contributed by atoms with E-state index in [0.717, 1.165) is 5.56 Å². The summed E-state index contributed by atoms with van der Waals surface area (Å²) in [6.07, 6.45) is -0.272. The largest absolute Gasteiger partial charge is 0.493 e. The van der Waals surface area contributed by atoms with Gasteiger partial charge in [-0.1, -0.05) is 13.8 Å². The maximum absolute atomic E-state index is 12.0. The molecule has 1 heterocycles. The molecular weight excluding hydrogens is 270 g/mol. The molecule has 1 aromatic carbocycles. The van der Waals surface area contributed by atoms with Crippen LogP contribution in [0.15, 0.2) is 12.1 Å². The van der Waals surface area contributed by atoms with Crippen LogP contribution in [0.3, 0.4) is 0 Å². The predicted octanol–water partition coefficient (Wildman–Crippen LogP) is 2.95. The average molecular weight is 293 g/mol. The van der Waals surface area contributed by atoms with E-state index in [1.54, 1.807) is 19.1 Å². The van der Waals surface area contributed by atoms with E-state index in [1.165, 1.54) is 5.56 Å². The SMILES string of the molecule is CCOC(=O)N1Cc2cc(OC)c(OC)cc2C(C)(C)C1. The molecule has 5 nitrogen and oxygen atoms in total. The summed E-state index contributed by atoms with van der Waals surface area (Å²) >= 11 is 0. The van der Waals surface area contributed by atoms with Crippen molar-refractivity contribution in [2.45, 2.75) is 32.7 Å². The molecule has 0 unspecified atom stereocenters. The van der Waals surface area contributed by atoms with Crippen molar-refractivity contribution in [3.8, 4) is 11.5 Å². The Kier molecular flexibility index (Phi) is 4.30. The third-order valence-corrected chi connectivity index (χ3v) is 3.81.